The van der Waals surface area contributed by atoms with Crippen LogP contribution in [0.15, 0.2) is 42.5 Å². The minimum absolute atomic E-state index is 0.0137. The Hall–Kier alpha value is -2.62. The van der Waals surface area contributed by atoms with E-state index in [-0.39, 0.29) is 11.8 Å². The molecule has 0 fully saturated rings. The van der Waals surface area contributed by atoms with Gasteiger partial charge in [-0.05, 0) is 48.6 Å². The van der Waals surface area contributed by atoms with E-state index in [1.54, 1.807) is 6.92 Å². The fourth-order valence-electron chi connectivity index (χ4n) is 3.14. The normalized spacial score (nSPS) is 13.3. The molecule has 0 radical (unpaired) electrons. The topological polar surface area (TPSA) is 49.4 Å². The molecule has 4 nitrogen and oxygen atoms in total. The molecule has 2 amide bonds. The van der Waals surface area contributed by atoms with E-state index in [2.05, 4.69) is 42.6 Å². The molecule has 1 heterocycles. The molecular formula is C21H24N2O2. The van der Waals surface area contributed by atoms with Gasteiger partial charge in [0, 0.05) is 32.1 Å². The lowest BCUT2D eigenvalue weighted by Crippen LogP contribution is -2.34. The average Bonchev–Trinajstić information content (AvgIpc) is 2.60. The SMILES string of the molecule is CC(=O)N1CCc2ccc(NC(=O)CCc3ccc(C)cc3)cc2C1. The van der Waals surface area contributed by atoms with E-state index < -0.39 is 0 Å². The van der Waals surface area contributed by atoms with Crippen LogP contribution >= 0.6 is 0 Å². The molecule has 130 valence electrons. The molecule has 0 saturated heterocycles. The molecule has 2 aromatic carbocycles. The smallest absolute Gasteiger partial charge is 0.224 e. The first-order valence-corrected chi connectivity index (χ1v) is 8.74. The minimum atomic E-state index is 0.0137. The molecule has 1 N–H and O–H groups in total. The second-order valence-corrected chi connectivity index (χ2v) is 6.71. The third-order valence-electron chi connectivity index (χ3n) is 4.71. The molecule has 1 aliphatic rings. The van der Waals surface area contributed by atoms with Gasteiger partial charge < -0.3 is 10.2 Å². The van der Waals surface area contributed by atoms with Crippen molar-refractivity contribution in [2.45, 2.75) is 39.7 Å². The fourth-order valence-corrected chi connectivity index (χ4v) is 3.14. The van der Waals surface area contributed by atoms with E-state index in [0.717, 1.165) is 30.6 Å². The predicted molar refractivity (Wildman–Crippen MR) is 99.4 cm³/mol. The molecular weight excluding hydrogens is 312 g/mol. The maximum atomic E-state index is 12.2. The highest BCUT2D eigenvalue weighted by molar-refractivity contribution is 5.91. The largest absolute Gasteiger partial charge is 0.338 e. The molecule has 25 heavy (non-hydrogen) atoms. The zero-order valence-corrected chi connectivity index (χ0v) is 14.8. The summed E-state index contributed by atoms with van der Waals surface area (Å²) in [5.41, 5.74) is 5.58. The van der Waals surface area contributed by atoms with Crippen molar-refractivity contribution < 1.29 is 9.59 Å². The van der Waals surface area contributed by atoms with E-state index in [9.17, 15) is 9.59 Å². The van der Waals surface area contributed by atoms with Crippen molar-refractivity contribution in [2.75, 3.05) is 11.9 Å². The molecule has 0 bridgehead atoms. The Morgan fingerprint density at radius 2 is 1.84 bits per heavy atom. The average molecular weight is 336 g/mol. The Bertz CT molecular complexity index is 781. The minimum Gasteiger partial charge on any atom is -0.338 e. The Balaban J connectivity index is 1.59. The van der Waals surface area contributed by atoms with Crippen molar-refractivity contribution in [2.24, 2.45) is 0 Å². The first-order chi connectivity index (χ1) is 12.0. The van der Waals surface area contributed by atoms with Gasteiger partial charge in [-0.1, -0.05) is 35.9 Å². The number of anilines is 1. The lowest BCUT2D eigenvalue weighted by Gasteiger charge is -2.28. The van der Waals surface area contributed by atoms with Crippen molar-refractivity contribution >= 4 is 17.5 Å². The molecule has 0 aromatic heterocycles. The molecule has 0 unspecified atom stereocenters. The summed E-state index contributed by atoms with van der Waals surface area (Å²) in [7, 11) is 0. The number of hydrogen-bond donors (Lipinski definition) is 1. The maximum absolute atomic E-state index is 12.2. The molecule has 0 spiro atoms. The number of carbonyl (C=O) groups excluding carboxylic acids is 2. The first kappa shape index (κ1) is 17.2. The number of aryl methyl sites for hydroxylation is 2. The summed E-state index contributed by atoms with van der Waals surface area (Å²) in [4.78, 5) is 25.6. The Labute approximate surface area is 148 Å². The lowest BCUT2D eigenvalue weighted by molar-refractivity contribution is -0.129. The maximum Gasteiger partial charge on any atom is 0.224 e. The van der Waals surface area contributed by atoms with Gasteiger partial charge in [0.05, 0.1) is 0 Å². The number of nitrogens with zero attached hydrogens (tertiary/aromatic N) is 1. The summed E-state index contributed by atoms with van der Waals surface area (Å²) in [6.45, 7) is 5.05. The van der Waals surface area contributed by atoms with Gasteiger partial charge in [0.1, 0.15) is 0 Å². The number of nitrogens with one attached hydrogen (secondary N) is 1. The molecule has 0 saturated carbocycles. The summed E-state index contributed by atoms with van der Waals surface area (Å²) in [6.07, 6.45) is 2.06. The molecule has 4 heteroatoms. The molecule has 0 aliphatic carbocycles. The standard InChI is InChI=1S/C21H24N2O2/c1-15-3-5-17(6-4-15)7-10-21(25)22-20-9-8-18-11-12-23(16(2)24)14-19(18)13-20/h3-6,8-9,13H,7,10-12,14H2,1-2H3,(H,22,25). The molecule has 1 aliphatic heterocycles. The van der Waals surface area contributed by atoms with E-state index >= 15 is 0 Å². The van der Waals surface area contributed by atoms with Crippen molar-refractivity contribution in [3.05, 3.63) is 64.7 Å². The number of amides is 2. The number of hydrogen-bond acceptors (Lipinski definition) is 2. The second-order valence-electron chi connectivity index (χ2n) is 6.71. The highest BCUT2D eigenvalue weighted by atomic mass is 16.2. The lowest BCUT2D eigenvalue weighted by atomic mass is 9.99. The predicted octanol–water partition coefficient (Wildman–Crippen LogP) is 3.47. The van der Waals surface area contributed by atoms with E-state index in [4.69, 9.17) is 0 Å². The molecule has 0 atom stereocenters. The summed E-state index contributed by atoms with van der Waals surface area (Å²) in [5.74, 6) is 0.109. The highest BCUT2D eigenvalue weighted by Gasteiger charge is 2.18. The van der Waals surface area contributed by atoms with E-state index in [1.807, 2.05) is 17.0 Å². The van der Waals surface area contributed by atoms with Crippen LogP contribution in [0.3, 0.4) is 0 Å². The van der Waals surface area contributed by atoms with E-state index in [0.29, 0.717) is 13.0 Å². The Kier molecular flexibility index (Phi) is 5.17. The van der Waals surface area contributed by atoms with Gasteiger partial charge in [-0.25, -0.2) is 0 Å². The first-order valence-electron chi connectivity index (χ1n) is 8.74. The van der Waals surface area contributed by atoms with E-state index in [1.165, 1.54) is 16.7 Å². The summed E-state index contributed by atoms with van der Waals surface area (Å²) < 4.78 is 0. The Morgan fingerprint density at radius 1 is 1.08 bits per heavy atom. The molecule has 3 rings (SSSR count). The van der Waals surface area contributed by atoms with Gasteiger partial charge in [0.15, 0.2) is 0 Å². The van der Waals surface area contributed by atoms with Crippen LogP contribution in [0.4, 0.5) is 5.69 Å². The van der Waals surface area contributed by atoms with Crippen LogP contribution in [0.25, 0.3) is 0 Å². The van der Waals surface area contributed by atoms with Gasteiger partial charge in [-0.2, -0.15) is 0 Å². The van der Waals surface area contributed by atoms with Crippen molar-refractivity contribution in [1.29, 1.82) is 0 Å². The van der Waals surface area contributed by atoms with Crippen molar-refractivity contribution in [3.8, 4) is 0 Å². The summed E-state index contributed by atoms with van der Waals surface area (Å²) in [6, 6.07) is 14.3. The Morgan fingerprint density at radius 3 is 2.56 bits per heavy atom. The third-order valence-corrected chi connectivity index (χ3v) is 4.71. The van der Waals surface area contributed by atoms with Gasteiger partial charge >= 0.3 is 0 Å². The van der Waals surface area contributed by atoms with Crippen LogP contribution in [0.2, 0.25) is 0 Å². The van der Waals surface area contributed by atoms with Crippen molar-refractivity contribution in [3.63, 3.8) is 0 Å². The van der Waals surface area contributed by atoms with Crippen LogP contribution in [-0.4, -0.2) is 23.3 Å². The van der Waals surface area contributed by atoms with Gasteiger partial charge in [-0.15, -0.1) is 0 Å². The van der Waals surface area contributed by atoms with Gasteiger partial charge in [0.2, 0.25) is 11.8 Å². The quantitative estimate of drug-likeness (QED) is 0.929. The van der Waals surface area contributed by atoms with Crippen LogP contribution in [0.5, 0.6) is 0 Å². The van der Waals surface area contributed by atoms with Crippen molar-refractivity contribution in [1.82, 2.24) is 4.90 Å². The van der Waals surface area contributed by atoms with Crippen LogP contribution in [0.1, 0.15) is 35.6 Å². The molecule has 2 aromatic rings. The zero-order chi connectivity index (χ0) is 17.8. The van der Waals surface area contributed by atoms with Crippen LogP contribution in [0, 0.1) is 6.92 Å². The number of benzene rings is 2. The fraction of sp³-hybridized carbons (Fsp3) is 0.333. The van der Waals surface area contributed by atoms with Crippen LogP contribution < -0.4 is 5.32 Å². The highest BCUT2D eigenvalue weighted by Crippen LogP contribution is 2.23. The number of fused-ring (bicyclic) bond motifs is 1. The monoisotopic (exact) mass is 336 g/mol. The van der Waals surface area contributed by atoms with Gasteiger partial charge in [0.25, 0.3) is 0 Å². The summed E-state index contributed by atoms with van der Waals surface area (Å²) in [5, 5.41) is 2.98. The van der Waals surface area contributed by atoms with Crippen LogP contribution in [-0.2, 0) is 29.0 Å². The number of carbonyl (C=O) groups is 2. The zero-order valence-electron chi connectivity index (χ0n) is 14.8. The summed E-state index contributed by atoms with van der Waals surface area (Å²) >= 11 is 0. The third kappa shape index (κ3) is 4.47. The van der Waals surface area contributed by atoms with Gasteiger partial charge in [-0.3, -0.25) is 9.59 Å². The number of rotatable bonds is 4. The second kappa shape index (κ2) is 7.51.